The van der Waals surface area contributed by atoms with Crippen molar-refractivity contribution in [3.05, 3.63) is 0 Å². The number of aliphatic carboxylic acids is 1. The van der Waals surface area contributed by atoms with Crippen LogP contribution in [0.15, 0.2) is 0 Å². The molecular weight excluding hydrogens is 258 g/mol. The number of carboxylic acids is 1. The molecule has 0 aromatic heterocycles. The second kappa shape index (κ2) is 7.25. The summed E-state index contributed by atoms with van der Waals surface area (Å²) < 4.78 is 24.6. The van der Waals surface area contributed by atoms with Gasteiger partial charge in [0.25, 0.3) is 6.43 Å². The Morgan fingerprint density at radius 1 is 1.32 bits per heavy atom. The number of amides is 2. The zero-order valence-electron chi connectivity index (χ0n) is 11.0. The molecule has 0 radical (unpaired) electrons. The fourth-order valence-corrected chi connectivity index (χ4v) is 2.28. The van der Waals surface area contributed by atoms with Crippen molar-refractivity contribution < 1.29 is 23.5 Å². The molecule has 7 heteroatoms. The molecule has 1 atom stereocenters. The molecule has 0 spiro atoms. The number of urea groups is 1. The Morgan fingerprint density at radius 2 is 1.95 bits per heavy atom. The topological polar surface area (TPSA) is 60.9 Å². The van der Waals surface area contributed by atoms with Crippen LogP contribution in [0.3, 0.4) is 0 Å². The molecule has 19 heavy (non-hydrogen) atoms. The maximum Gasteiger partial charge on any atom is 0.326 e. The molecule has 1 aliphatic heterocycles. The van der Waals surface area contributed by atoms with Crippen LogP contribution < -0.4 is 0 Å². The zero-order chi connectivity index (χ0) is 14.4. The molecule has 0 bridgehead atoms. The smallest absolute Gasteiger partial charge is 0.326 e. The van der Waals surface area contributed by atoms with E-state index in [2.05, 4.69) is 0 Å². The number of hydrogen-bond donors (Lipinski definition) is 1. The third-order valence-corrected chi connectivity index (χ3v) is 3.27. The molecule has 1 heterocycles. The average Bonchev–Trinajstić information content (AvgIpc) is 2.26. The summed E-state index contributed by atoms with van der Waals surface area (Å²) in [4.78, 5) is 25.4. The molecule has 5 nitrogen and oxygen atoms in total. The fourth-order valence-electron chi connectivity index (χ4n) is 2.28. The number of likely N-dealkylation sites (tertiary alicyclic amines) is 1. The summed E-state index contributed by atoms with van der Waals surface area (Å²) in [7, 11) is 1.27. The van der Waals surface area contributed by atoms with Crippen molar-refractivity contribution in [2.75, 3.05) is 20.1 Å². The van der Waals surface area contributed by atoms with Gasteiger partial charge in [0.2, 0.25) is 0 Å². The highest BCUT2D eigenvalue weighted by Crippen LogP contribution is 2.18. The van der Waals surface area contributed by atoms with Gasteiger partial charge in [0.05, 0.1) is 6.54 Å². The standard InChI is InChI=1S/C12H20F2N2O3/c1-15(8-10(13)14)12(19)16-7-5-3-2-4-6-9(16)11(17)18/h9-10H,2-8H2,1H3,(H,17,18). The average molecular weight is 278 g/mol. The molecule has 0 aromatic rings. The first-order valence-electron chi connectivity index (χ1n) is 6.46. The number of alkyl halides is 2. The summed E-state index contributed by atoms with van der Waals surface area (Å²) >= 11 is 0. The van der Waals surface area contributed by atoms with Crippen LogP contribution in [0, 0.1) is 0 Å². The summed E-state index contributed by atoms with van der Waals surface area (Å²) in [5, 5.41) is 9.18. The number of carbonyl (C=O) groups is 2. The largest absolute Gasteiger partial charge is 0.480 e. The lowest BCUT2D eigenvalue weighted by Crippen LogP contribution is -2.51. The van der Waals surface area contributed by atoms with Crippen molar-refractivity contribution >= 4 is 12.0 Å². The molecule has 1 fully saturated rings. The van der Waals surface area contributed by atoms with E-state index in [-0.39, 0.29) is 0 Å². The van der Waals surface area contributed by atoms with Crippen LogP contribution in [-0.4, -0.2) is 59.5 Å². The number of nitrogens with zero attached hydrogens (tertiary/aromatic N) is 2. The number of rotatable bonds is 3. The van der Waals surface area contributed by atoms with Crippen LogP contribution in [-0.2, 0) is 4.79 Å². The highest BCUT2D eigenvalue weighted by atomic mass is 19.3. The van der Waals surface area contributed by atoms with E-state index in [1.54, 1.807) is 0 Å². The Morgan fingerprint density at radius 3 is 2.53 bits per heavy atom. The molecule has 0 aliphatic carbocycles. The Kier molecular flexibility index (Phi) is 5.98. The van der Waals surface area contributed by atoms with Crippen LogP contribution in [0.5, 0.6) is 0 Å². The number of hydrogen-bond acceptors (Lipinski definition) is 2. The van der Waals surface area contributed by atoms with E-state index >= 15 is 0 Å². The van der Waals surface area contributed by atoms with Gasteiger partial charge in [0, 0.05) is 13.6 Å². The monoisotopic (exact) mass is 278 g/mol. The van der Waals surface area contributed by atoms with Crippen molar-refractivity contribution in [1.29, 1.82) is 0 Å². The van der Waals surface area contributed by atoms with Crippen LogP contribution in [0.25, 0.3) is 0 Å². The number of carbonyl (C=O) groups excluding carboxylic acids is 1. The minimum Gasteiger partial charge on any atom is -0.480 e. The normalized spacial score (nSPS) is 20.8. The second-order valence-corrected chi connectivity index (χ2v) is 4.80. The summed E-state index contributed by atoms with van der Waals surface area (Å²) in [5.74, 6) is -1.07. The maximum atomic E-state index is 12.3. The maximum absolute atomic E-state index is 12.3. The van der Waals surface area contributed by atoms with Gasteiger partial charge in [-0.15, -0.1) is 0 Å². The van der Waals surface area contributed by atoms with Crippen molar-refractivity contribution in [3.8, 4) is 0 Å². The van der Waals surface area contributed by atoms with Crippen LogP contribution in [0.2, 0.25) is 0 Å². The van der Waals surface area contributed by atoms with Gasteiger partial charge in [-0.05, 0) is 12.8 Å². The third kappa shape index (κ3) is 4.65. The van der Waals surface area contributed by atoms with E-state index < -0.39 is 31.0 Å². The highest BCUT2D eigenvalue weighted by molar-refractivity contribution is 5.82. The molecule has 1 aliphatic rings. The van der Waals surface area contributed by atoms with Gasteiger partial charge in [0.1, 0.15) is 6.04 Å². The summed E-state index contributed by atoms with van der Waals surface area (Å²) in [6.45, 7) is -0.370. The van der Waals surface area contributed by atoms with E-state index in [1.165, 1.54) is 11.9 Å². The van der Waals surface area contributed by atoms with Gasteiger partial charge >= 0.3 is 12.0 Å². The lowest BCUT2D eigenvalue weighted by Gasteiger charge is -2.34. The van der Waals surface area contributed by atoms with E-state index in [0.29, 0.717) is 19.4 Å². The zero-order valence-corrected chi connectivity index (χ0v) is 11.0. The molecular formula is C12H20F2N2O3. The summed E-state index contributed by atoms with van der Waals surface area (Å²) in [6.07, 6.45) is 1.07. The predicted octanol–water partition coefficient (Wildman–Crippen LogP) is 2.02. The quantitative estimate of drug-likeness (QED) is 0.859. The lowest BCUT2D eigenvalue weighted by atomic mass is 10.0. The van der Waals surface area contributed by atoms with Crippen LogP contribution in [0.4, 0.5) is 13.6 Å². The van der Waals surface area contributed by atoms with E-state index in [4.69, 9.17) is 0 Å². The van der Waals surface area contributed by atoms with Gasteiger partial charge < -0.3 is 14.9 Å². The van der Waals surface area contributed by atoms with Gasteiger partial charge in [-0.2, -0.15) is 0 Å². The van der Waals surface area contributed by atoms with Crippen LogP contribution in [0.1, 0.15) is 32.1 Å². The predicted molar refractivity (Wildman–Crippen MR) is 65.2 cm³/mol. The third-order valence-electron chi connectivity index (χ3n) is 3.27. The van der Waals surface area contributed by atoms with Crippen molar-refractivity contribution in [2.24, 2.45) is 0 Å². The van der Waals surface area contributed by atoms with Gasteiger partial charge in [0.15, 0.2) is 0 Å². The Labute approximate surface area is 111 Å². The summed E-state index contributed by atoms with van der Waals surface area (Å²) in [6, 6.07) is -1.54. The van der Waals surface area contributed by atoms with Gasteiger partial charge in [-0.1, -0.05) is 19.3 Å². The molecule has 110 valence electrons. The van der Waals surface area contributed by atoms with Crippen LogP contribution >= 0.6 is 0 Å². The van der Waals surface area contributed by atoms with E-state index in [1.807, 2.05) is 0 Å². The molecule has 0 aromatic carbocycles. The van der Waals surface area contributed by atoms with Crippen molar-refractivity contribution in [3.63, 3.8) is 0 Å². The van der Waals surface area contributed by atoms with Crippen molar-refractivity contribution in [1.82, 2.24) is 9.80 Å². The Hall–Kier alpha value is -1.40. The molecule has 2 amide bonds. The van der Waals surface area contributed by atoms with Gasteiger partial charge in [-0.3, -0.25) is 0 Å². The molecule has 1 unspecified atom stereocenters. The number of carboxylic acid groups (broad SMARTS) is 1. The first kappa shape index (κ1) is 15.7. The lowest BCUT2D eigenvalue weighted by molar-refractivity contribution is -0.142. The fraction of sp³-hybridized carbons (Fsp3) is 0.833. The molecule has 1 saturated heterocycles. The Bertz CT molecular complexity index is 326. The first-order valence-corrected chi connectivity index (χ1v) is 6.46. The second-order valence-electron chi connectivity index (χ2n) is 4.80. The first-order chi connectivity index (χ1) is 8.93. The number of halogens is 2. The molecule has 1 N–H and O–H groups in total. The van der Waals surface area contributed by atoms with E-state index in [9.17, 15) is 23.5 Å². The minimum atomic E-state index is -2.62. The highest BCUT2D eigenvalue weighted by Gasteiger charge is 2.32. The minimum absolute atomic E-state index is 0.309. The molecule has 0 saturated carbocycles. The van der Waals surface area contributed by atoms with E-state index in [0.717, 1.165) is 24.2 Å². The molecule has 1 rings (SSSR count). The SMILES string of the molecule is CN(CC(F)F)C(=O)N1CCCCCCC1C(=O)O. The Balaban J connectivity index is 2.77. The van der Waals surface area contributed by atoms with Gasteiger partial charge in [-0.25, -0.2) is 18.4 Å². The summed E-state index contributed by atoms with van der Waals surface area (Å²) in [5.41, 5.74) is 0. The van der Waals surface area contributed by atoms with Crippen molar-refractivity contribution in [2.45, 2.75) is 44.6 Å².